The molecule has 2 aromatic carbocycles. The molecule has 1 aliphatic heterocycles. The molecule has 1 aliphatic rings. The van der Waals surface area contributed by atoms with Gasteiger partial charge in [0.05, 0.1) is 28.6 Å². The van der Waals surface area contributed by atoms with Gasteiger partial charge in [0.1, 0.15) is 11.3 Å². The van der Waals surface area contributed by atoms with Gasteiger partial charge in [-0.25, -0.2) is 9.69 Å². The third kappa shape index (κ3) is 5.88. The highest BCUT2D eigenvalue weighted by molar-refractivity contribution is 14.1. The van der Waals surface area contributed by atoms with Gasteiger partial charge in [0, 0.05) is 0 Å². The van der Waals surface area contributed by atoms with Gasteiger partial charge in [-0.1, -0.05) is 6.92 Å². The third-order valence-corrected chi connectivity index (χ3v) is 5.47. The first kappa shape index (κ1) is 25.5. The predicted molar refractivity (Wildman–Crippen MR) is 137 cm³/mol. The van der Waals surface area contributed by atoms with Crippen molar-refractivity contribution >= 4 is 52.2 Å². The maximum Gasteiger partial charge on any atom is 0.335 e. The first-order chi connectivity index (χ1) is 16.2. The van der Waals surface area contributed by atoms with E-state index in [0.29, 0.717) is 41.7 Å². The van der Waals surface area contributed by atoms with Gasteiger partial charge in [-0.3, -0.25) is 14.9 Å². The van der Waals surface area contributed by atoms with Crippen molar-refractivity contribution in [1.29, 1.82) is 0 Å². The molecule has 180 valence electrons. The molecule has 34 heavy (non-hydrogen) atoms. The maximum absolute atomic E-state index is 13.2. The Hall–Kier alpha value is -3.08. The van der Waals surface area contributed by atoms with Crippen molar-refractivity contribution < 1.29 is 28.6 Å². The number of ether oxygens (including phenoxy) is 3. The number of anilines is 1. The van der Waals surface area contributed by atoms with E-state index in [1.165, 1.54) is 6.08 Å². The molecule has 0 radical (unpaired) electrons. The van der Waals surface area contributed by atoms with E-state index in [2.05, 4.69) is 27.9 Å². The van der Waals surface area contributed by atoms with Crippen LogP contribution in [0.5, 0.6) is 17.2 Å². The van der Waals surface area contributed by atoms with Crippen molar-refractivity contribution in [1.82, 2.24) is 5.32 Å². The lowest BCUT2D eigenvalue weighted by molar-refractivity contribution is -0.122. The van der Waals surface area contributed by atoms with Crippen LogP contribution in [0.1, 0.15) is 39.7 Å². The molecule has 8 nitrogen and oxygen atoms in total. The van der Waals surface area contributed by atoms with Crippen molar-refractivity contribution in [2.24, 2.45) is 0 Å². The summed E-state index contributed by atoms with van der Waals surface area (Å²) in [5, 5.41) is 2.24. The predicted octanol–water partition coefficient (Wildman–Crippen LogP) is 4.93. The van der Waals surface area contributed by atoms with E-state index in [9.17, 15) is 14.4 Å². The van der Waals surface area contributed by atoms with E-state index in [0.717, 1.165) is 14.9 Å². The summed E-state index contributed by atoms with van der Waals surface area (Å²) < 4.78 is 17.9. The number of amides is 4. The smallest absolute Gasteiger partial charge is 0.335 e. The number of carbonyl (C=O) groups is 3. The van der Waals surface area contributed by atoms with Gasteiger partial charge >= 0.3 is 6.03 Å². The summed E-state index contributed by atoms with van der Waals surface area (Å²) in [6.07, 6.45) is 2.25. The number of benzene rings is 2. The summed E-state index contributed by atoms with van der Waals surface area (Å²) in [5.41, 5.74) is 0.733. The van der Waals surface area contributed by atoms with Gasteiger partial charge in [-0.15, -0.1) is 0 Å². The molecule has 0 saturated carbocycles. The van der Waals surface area contributed by atoms with E-state index in [1.807, 2.05) is 27.7 Å². The average Bonchev–Trinajstić information content (AvgIpc) is 2.78. The van der Waals surface area contributed by atoms with Crippen LogP contribution in [0.4, 0.5) is 10.5 Å². The van der Waals surface area contributed by atoms with Crippen molar-refractivity contribution in [3.8, 4) is 17.2 Å². The number of halogens is 1. The van der Waals surface area contributed by atoms with Gasteiger partial charge in [-0.2, -0.15) is 0 Å². The highest BCUT2D eigenvalue weighted by atomic mass is 127. The molecular weight excluding hydrogens is 551 g/mol. The molecule has 0 aliphatic carbocycles. The number of carbonyl (C=O) groups excluding carboxylic acids is 3. The number of nitrogens with one attached hydrogen (secondary N) is 1. The van der Waals surface area contributed by atoms with Gasteiger partial charge < -0.3 is 14.2 Å². The van der Waals surface area contributed by atoms with Crippen molar-refractivity contribution in [3.05, 3.63) is 51.1 Å². The first-order valence-electron chi connectivity index (χ1n) is 11.0. The molecule has 1 fully saturated rings. The zero-order valence-electron chi connectivity index (χ0n) is 19.5. The molecule has 0 aromatic heterocycles. The van der Waals surface area contributed by atoms with Crippen LogP contribution < -0.4 is 24.4 Å². The van der Waals surface area contributed by atoms with Crippen LogP contribution in [0.25, 0.3) is 6.08 Å². The molecule has 9 heteroatoms. The largest absolute Gasteiger partial charge is 0.494 e. The van der Waals surface area contributed by atoms with Crippen molar-refractivity contribution in [3.63, 3.8) is 0 Å². The summed E-state index contributed by atoms with van der Waals surface area (Å²) in [4.78, 5) is 39.2. The van der Waals surface area contributed by atoms with E-state index in [-0.39, 0.29) is 11.7 Å². The van der Waals surface area contributed by atoms with Crippen LogP contribution in [-0.4, -0.2) is 37.2 Å². The van der Waals surface area contributed by atoms with Crippen molar-refractivity contribution in [2.75, 3.05) is 18.1 Å². The fraction of sp³-hybridized carbons (Fsp3) is 0.320. The number of rotatable bonds is 9. The Balaban J connectivity index is 1.96. The van der Waals surface area contributed by atoms with Crippen LogP contribution in [-0.2, 0) is 9.59 Å². The third-order valence-electron chi connectivity index (χ3n) is 4.67. The van der Waals surface area contributed by atoms with E-state index in [1.54, 1.807) is 36.4 Å². The lowest BCUT2D eigenvalue weighted by Gasteiger charge is -2.26. The van der Waals surface area contributed by atoms with Crippen LogP contribution >= 0.6 is 22.6 Å². The molecule has 0 spiro atoms. The van der Waals surface area contributed by atoms with Gasteiger partial charge in [-0.05, 0) is 97.8 Å². The summed E-state index contributed by atoms with van der Waals surface area (Å²) in [5.74, 6) is 0.260. The standard InChI is InChI=1S/C25H27IN2O6/c1-5-11-33-18-9-7-17(8-10-18)28-24(30)19(23(29)27-25(28)31)12-16-13-20(26)22(34-15(3)4)21(14-16)32-6-2/h7-10,12-15H,5-6,11H2,1-4H3,(H,27,29,31)/b19-12-. The maximum atomic E-state index is 13.2. The van der Waals surface area contributed by atoms with Gasteiger partial charge in [0.2, 0.25) is 0 Å². The Kier molecular flexibility index (Phi) is 8.54. The normalized spacial score (nSPS) is 15.1. The Bertz CT molecular complexity index is 1110. The molecule has 0 atom stereocenters. The number of urea groups is 1. The molecular formula is C25H27IN2O6. The highest BCUT2D eigenvalue weighted by Crippen LogP contribution is 2.36. The van der Waals surface area contributed by atoms with Gasteiger partial charge in [0.25, 0.3) is 11.8 Å². The van der Waals surface area contributed by atoms with Crippen LogP contribution in [0.2, 0.25) is 0 Å². The van der Waals surface area contributed by atoms with Gasteiger partial charge in [0.15, 0.2) is 11.5 Å². The topological polar surface area (TPSA) is 94.2 Å². The molecule has 2 aromatic rings. The Labute approximate surface area is 212 Å². The minimum absolute atomic E-state index is 0.0547. The molecule has 4 amide bonds. The Morgan fingerprint density at radius 2 is 1.76 bits per heavy atom. The number of nitrogens with zero attached hydrogens (tertiary/aromatic N) is 1. The van der Waals surface area contributed by atoms with Crippen molar-refractivity contribution in [2.45, 2.75) is 40.2 Å². The second kappa shape index (κ2) is 11.4. The number of hydrogen-bond acceptors (Lipinski definition) is 6. The molecule has 0 bridgehead atoms. The van der Waals surface area contributed by atoms with E-state index >= 15 is 0 Å². The molecule has 1 N–H and O–H groups in total. The lowest BCUT2D eigenvalue weighted by Crippen LogP contribution is -2.54. The quantitative estimate of drug-likeness (QED) is 0.258. The van der Waals surface area contributed by atoms with Crippen LogP contribution in [0.15, 0.2) is 42.0 Å². The number of hydrogen-bond donors (Lipinski definition) is 1. The minimum Gasteiger partial charge on any atom is -0.494 e. The Morgan fingerprint density at radius 3 is 2.38 bits per heavy atom. The van der Waals surface area contributed by atoms with Crippen LogP contribution in [0.3, 0.4) is 0 Å². The molecule has 3 rings (SSSR count). The summed E-state index contributed by atoms with van der Waals surface area (Å²) in [6.45, 7) is 8.68. The zero-order valence-corrected chi connectivity index (χ0v) is 21.7. The summed E-state index contributed by atoms with van der Waals surface area (Å²) in [7, 11) is 0. The van der Waals surface area contributed by atoms with E-state index < -0.39 is 17.8 Å². The zero-order chi connectivity index (χ0) is 24.8. The number of imide groups is 2. The fourth-order valence-corrected chi connectivity index (χ4v) is 4.01. The summed E-state index contributed by atoms with van der Waals surface area (Å²) >= 11 is 2.12. The molecule has 1 saturated heterocycles. The highest BCUT2D eigenvalue weighted by Gasteiger charge is 2.37. The average molecular weight is 578 g/mol. The molecule has 1 heterocycles. The second-order valence-electron chi connectivity index (χ2n) is 7.73. The number of barbiturate groups is 1. The fourth-order valence-electron chi connectivity index (χ4n) is 3.25. The van der Waals surface area contributed by atoms with Crippen LogP contribution in [0, 0.1) is 3.57 Å². The minimum atomic E-state index is -0.806. The first-order valence-corrected chi connectivity index (χ1v) is 12.1. The molecule has 0 unspecified atom stereocenters. The Morgan fingerprint density at radius 1 is 1.06 bits per heavy atom. The second-order valence-corrected chi connectivity index (χ2v) is 8.89. The monoisotopic (exact) mass is 578 g/mol. The van der Waals surface area contributed by atoms with E-state index in [4.69, 9.17) is 14.2 Å². The lowest BCUT2D eigenvalue weighted by atomic mass is 10.1. The SMILES string of the molecule is CCCOc1ccc(N2C(=O)NC(=O)/C(=C/c3cc(I)c(OC(C)C)c(OCC)c3)C2=O)cc1. The summed E-state index contributed by atoms with van der Waals surface area (Å²) in [6, 6.07) is 9.24.